The Kier molecular flexibility index (Phi) is 5.12. The first-order chi connectivity index (χ1) is 14.5. The summed E-state index contributed by atoms with van der Waals surface area (Å²) < 4.78 is 0. The molecular formula is C20H18N6O4. The lowest BCUT2D eigenvalue weighted by Gasteiger charge is -2.12. The quantitative estimate of drug-likeness (QED) is 0.462. The molecule has 5 amide bonds. The number of carbonyl (C=O) groups excluding carboxylic acids is 4. The van der Waals surface area contributed by atoms with E-state index in [0.717, 1.165) is 10.3 Å². The summed E-state index contributed by atoms with van der Waals surface area (Å²) >= 11 is 0. The highest BCUT2D eigenvalue weighted by molar-refractivity contribution is 6.11. The number of aromatic nitrogens is 2. The molecule has 3 aromatic rings. The van der Waals surface area contributed by atoms with Gasteiger partial charge in [-0.1, -0.05) is 12.1 Å². The summed E-state index contributed by atoms with van der Waals surface area (Å²) in [7, 11) is 0. The number of H-pyrrole nitrogens is 1. The molecular weight excluding hydrogens is 388 g/mol. The van der Waals surface area contributed by atoms with Crippen LogP contribution in [0.1, 0.15) is 16.8 Å². The highest BCUT2D eigenvalue weighted by atomic mass is 16.2. The van der Waals surface area contributed by atoms with E-state index in [-0.39, 0.29) is 37.2 Å². The summed E-state index contributed by atoms with van der Waals surface area (Å²) in [6.07, 6.45) is 1.64. The average Bonchev–Trinajstić information content (AvgIpc) is 3.34. The minimum absolute atomic E-state index is 0.00810. The molecule has 2 aromatic carbocycles. The summed E-state index contributed by atoms with van der Waals surface area (Å²) in [4.78, 5) is 48.6. The van der Waals surface area contributed by atoms with Gasteiger partial charge in [0.15, 0.2) is 0 Å². The smallest absolute Gasteiger partial charge is 0.324 e. The Morgan fingerprint density at radius 1 is 1.03 bits per heavy atom. The van der Waals surface area contributed by atoms with Crippen molar-refractivity contribution in [2.24, 2.45) is 0 Å². The van der Waals surface area contributed by atoms with E-state index in [4.69, 9.17) is 0 Å². The highest BCUT2D eigenvalue weighted by Gasteiger charge is 2.28. The van der Waals surface area contributed by atoms with E-state index in [0.29, 0.717) is 22.5 Å². The average molecular weight is 406 g/mol. The zero-order valence-corrected chi connectivity index (χ0v) is 15.8. The molecule has 0 unspecified atom stereocenters. The van der Waals surface area contributed by atoms with E-state index in [1.807, 2.05) is 6.07 Å². The van der Waals surface area contributed by atoms with Crippen molar-refractivity contribution in [2.45, 2.75) is 6.42 Å². The van der Waals surface area contributed by atoms with Gasteiger partial charge in [0.2, 0.25) is 11.8 Å². The SMILES string of the molecule is O=C(CCN1C(=O)CNC1=O)Nc1ccc(NC(=O)c2cccc3cn[nH]c23)cc1. The highest BCUT2D eigenvalue weighted by Crippen LogP contribution is 2.19. The van der Waals surface area contributed by atoms with Gasteiger partial charge in [0, 0.05) is 29.7 Å². The van der Waals surface area contributed by atoms with Gasteiger partial charge < -0.3 is 16.0 Å². The summed E-state index contributed by atoms with van der Waals surface area (Å²) in [5, 5.41) is 15.5. The van der Waals surface area contributed by atoms with Gasteiger partial charge in [0.25, 0.3) is 5.91 Å². The van der Waals surface area contributed by atoms with Crippen molar-refractivity contribution in [3.63, 3.8) is 0 Å². The second kappa shape index (κ2) is 8.03. The number of nitrogens with zero attached hydrogens (tertiary/aromatic N) is 2. The first-order valence-electron chi connectivity index (χ1n) is 9.23. The molecule has 30 heavy (non-hydrogen) atoms. The topological polar surface area (TPSA) is 136 Å². The molecule has 0 spiro atoms. The van der Waals surface area contributed by atoms with Gasteiger partial charge in [-0.2, -0.15) is 5.10 Å². The maximum Gasteiger partial charge on any atom is 0.324 e. The van der Waals surface area contributed by atoms with Crippen LogP contribution in [0.15, 0.2) is 48.7 Å². The molecule has 1 aromatic heterocycles. The number of anilines is 2. The predicted octanol–water partition coefficient (Wildman–Crippen LogP) is 1.70. The fraction of sp³-hybridized carbons (Fsp3) is 0.150. The zero-order valence-electron chi connectivity index (χ0n) is 15.8. The van der Waals surface area contributed by atoms with Crippen molar-refractivity contribution in [1.82, 2.24) is 20.4 Å². The number of benzene rings is 2. The number of nitrogens with one attached hydrogen (secondary N) is 4. The van der Waals surface area contributed by atoms with Crippen molar-refractivity contribution < 1.29 is 19.2 Å². The Hall–Kier alpha value is -4.21. The third-order valence-corrected chi connectivity index (χ3v) is 4.65. The molecule has 1 saturated heterocycles. The maximum atomic E-state index is 12.6. The van der Waals surface area contributed by atoms with E-state index in [2.05, 4.69) is 26.1 Å². The molecule has 152 valence electrons. The number of hydrogen-bond donors (Lipinski definition) is 4. The molecule has 0 atom stereocenters. The summed E-state index contributed by atoms with van der Waals surface area (Å²) in [6.45, 7) is -0.0215. The molecule has 2 heterocycles. The fourth-order valence-electron chi connectivity index (χ4n) is 3.11. The largest absolute Gasteiger partial charge is 0.329 e. The van der Waals surface area contributed by atoms with Gasteiger partial charge in [0.05, 0.1) is 23.8 Å². The number of hydrogen-bond acceptors (Lipinski definition) is 5. The maximum absolute atomic E-state index is 12.6. The number of urea groups is 1. The normalized spacial score (nSPS) is 13.4. The molecule has 4 rings (SSSR count). The van der Waals surface area contributed by atoms with Crippen molar-refractivity contribution >= 4 is 46.0 Å². The lowest BCUT2D eigenvalue weighted by molar-refractivity contribution is -0.125. The summed E-state index contributed by atoms with van der Waals surface area (Å²) in [5.41, 5.74) is 2.23. The number of imide groups is 1. The third-order valence-electron chi connectivity index (χ3n) is 4.65. The number of rotatable bonds is 6. The van der Waals surface area contributed by atoms with Gasteiger partial charge >= 0.3 is 6.03 Å². The first kappa shape index (κ1) is 19.1. The van der Waals surface area contributed by atoms with E-state index in [9.17, 15) is 19.2 Å². The standard InChI is InChI=1S/C20H18N6O4/c27-16(8-9-26-17(28)11-21-20(26)30)23-13-4-6-14(7-5-13)24-19(29)15-3-1-2-12-10-22-25-18(12)15/h1-7,10H,8-9,11H2,(H,21,30)(H,22,25)(H,23,27)(H,24,29). The number of para-hydroxylation sites is 1. The van der Waals surface area contributed by atoms with E-state index < -0.39 is 6.03 Å². The van der Waals surface area contributed by atoms with Crippen LogP contribution in [0.3, 0.4) is 0 Å². The van der Waals surface area contributed by atoms with Crippen LogP contribution < -0.4 is 16.0 Å². The molecule has 0 bridgehead atoms. The van der Waals surface area contributed by atoms with Crippen molar-refractivity contribution in [3.8, 4) is 0 Å². The van der Waals surface area contributed by atoms with Crippen LogP contribution in [0.4, 0.5) is 16.2 Å². The zero-order chi connectivity index (χ0) is 21.1. The molecule has 0 saturated carbocycles. The van der Waals surface area contributed by atoms with E-state index in [1.54, 1.807) is 42.6 Å². The predicted molar refractivity (Wildman–Crippen MR) is 109 cm³/mol. The van der Waals surface area contributed by atoms with Crippen LogP contribution in [-0.4, -0.2) is 51.9 Å². The van der Waals surface area contributed by atoms with Gasteiger partial charge in [-0.05, 0) is 30.3 Å². The summed E-state index contributed by atoms with van der Waals surface area (Å²) in [5.74, 6) is -0.959. The van der Waals surface area contributed by atoms with Gasteiger partial charge in [-0.15, -0.1) is 0 Å². The minimum Gasteiger partial charge on any atom is -0.329 e. The molecule has 10 nitrogen and oxygen atoms in total. The van der Waals surface area contributed by atoms with Crippen molar-refractivity contribution in [1.29, 1.82) is 0 Å². The van der Waals surface area contributed by atoms with Crippen LogP contribution in [0, 0.1) is 0 Å². The van der Waals surface area contributed by atoms with Gasteiger partial charge in [-0.3, -0.25) is 24.4 Å². The monoisotopic (exact) mass is 406 g/mol. The van der Waals surface area contributed by atoms with Crippen LogP contribution >= 0.6 is 0 Å². The van der Waals surface area contributed by atoms with Crippen LogP contribution in [-0.2, 0) is 9.59 Å². The lowest BCUT2D eigenvalue weighted by Crippen LogP contribution is -2.33. The molecule has 0 radical (unpaired) electrons. The van der Waals surface area contributed by atoms with E-state index in [1.165, 1.54) is 0 Å². The van der Waals surface area contributed by atoms with Crippen molar-refractivity contribution in [3.05, 3.63) is 54.2 Å². The Morgan fingerprint density at radius 2 is 1.77 bits per heavy atom. The molecule has 1 fully saturated rings. The minimum atomic E-state index is -0.487. The second-order valence-corrected chi connectivity index (χ2v) is 6.67. The Bertz CT molecular complexity index is 1120. The first-order valence-corrected chi connectivity index (χ1v) is 9.23. The van der Waals surface area contributed by atoms with E-state index >= 15 is 0 Å². The molecule has 1 aliphatic heterocycles. The van der Waals surface area contributed by atoms with Gasteiger partial charge in [-0.25, -0.2) is 4.79 Å². The number of amides is 5. The third kappa shape index (κ3) is 3.97. The molecule has 0 aliphatic carbocycles. The number of carbonyl (C=O) groups is 4. The van der Waals surface area contributed by atoms with Crippen molar-refractivity contribution in [2.75, 3.05) is 23.7 Å². The Labute approximate surface area is 170 Å². The van der Waals surface area contributed by atoms with Crippen LogP contribution in [0.5, 0.6) is 0 Å². The van der Waals surface area contributed by atoms with Crippen LogP contribution in [0.25, 0.3) is 10.9 Å². The molecule has 1 aliphatic rings. The molecule has 4 N–H and O–H groups in total. The lowest BCUT2D eigenvalue weighted by atomic mass is 10.1. The Morgan fingerprint density at radius 3 is 2.47 bits per heavy atom. The van der Waals surface area contributed by atoms with Gasteiger partial charge in [0.1, 0.15) is 0 Å². The molecule has 10 heteroatoms. The fourth-order valence-corrected chi connectivity index (χ4v) is 3.11. The van der Waals surface area contributed by atoms with Crippen LogP contribution in [0.2, 0.25) is 0 Å². The summed E-state index contributed by atoms with van der Waals surface area (Å²) in [6, 6.07) is 11.5. The second-order valence-electron chi connectivity index (χ2n) is 6.67. The number of aromatic amines is 1. The number of fused-ring (bicyclic) bond motifs is 1. The Balaban J connectivity index is 1.33.